The van der Waals surface area contributed by atoms with Crippen LogP contribution in [0.25, 0.3) is 0 Å². The molecule has 2 aromatic heterocycles. The molecule has 0 unspecified atom stereocenters. The van der Waals surface area contributed by atoms with Crippen molar-refractivity contribution in [2.75, 3.05) is 18.0 Å². The molecule has 3 heterocycles. The molecule has 4 rings (SSSR count). The van der Waals surface area contributed by atoms with Crippen LogP contribution in [0.3, 0.4) is 0 Å². The molecule has 1 N–H and O–H groups in total. The van der Waals surface area contributed by atoms with Crippen LogP contribution in [0.4, 0.5) is 5.82 Å². The van der Waals surface area contributed by atoms with Gasteiger partial charge in [0, 0.05) is 32.0 Å². The third-order valence-corrected chi connectivity index (χ3v) is 5.64. The fourth-order valence-corrected chi connectivity index (χ4v) is 4.25. The van der Waals surface area contributed by atoms with E-state index in [4.69, 9.17) is 0 Å². The van der Waals surface area contributed by atoms with Crippen LogP contribution in [-0.4, -0.2) is 23.1 Å². The molecule has 1 atom stereocenters. The summed E-state index contributed by atoms with van der Waals surface area (Å²) < 4.78 is 0. The van der Waals surface area contributed by atoms with E-state index in [9.17, 15) is 0 Å². The summed E-state index contributed by atoms with van der Waals surface area (Å²) in [6, 6.07) is 11.0. The third-order valence-electron chi connectivity index (χ3n) is 5.64. The van der Waals surface area contributed by atoms with Gasteiger partial charge in [0.25, 0.3) is 0 Å². The largest absolute Gasteiger partial charge is 0.357 e. The zero-order chi connectivity index (χ0) is 16.9. The second kappa shape index (κ2) is 7.96. The maximum atomic E-state index is 4.68. The average Bonchev–Trinajstić information content (AvgIpc) is 3.38. The van der Waals surface area contributed by atoms with E-state index < -0.39 is 0 Å². The van der Waals surface area contributed by atoms with Crippen molar-refractivity contribution in [1.29, 1.82) is 0 Å². The summed E-state index contributed by atoms with van der Waals surface area (Å²) in [5, 5.41) is 3.77. The number of rotatable bonds is 6. The number of hydrogen-bond acceptors (Lipinski definition) is 4. The lowest BCUT2D eigenvalue weighted by Crippen LogP contribution is -2.27. The van der Waals surface area contributed by atoms with Gasteiger partial charge in [-0.25, -0.2) is 4.98 Å². The molecule has 2 aromatic rings. The molecule has 4 nitrogen and oxygen atoms in total. The first-order chi connectivity index (χ1) is 12.4. The summed E-state index contributed by atoms with van der Waals surface area (Å²) in [5.41, 5.74) is 2.43. The van der Waals surface area contributed by atoms with Crippen molar-refractivity contribution in [3.05, 3.63) is 54.0 Å². The first kappa shape index (κ1) is 16.5. The molecule has 0 radical (unpaired) electrons. The number of anilines is 1. The van der Waals surface area contributed by atoms with Crippen molar-refractivity contribution < 1.29 is 0 Å². The number of hydrogen-bond donors (Lipinski definition) is 1. The standard InChI is InChI=1S/C21H28N4/c1-2-8-18(7-1)21(19-9-3-4-12-22-19)24-16-17-10-11-20(23-15-17)25-13-5-6-14-25/h3-4,9-12,15,18,21,24H,1-2,5-8,13-14,16H2/t21-/m0/s1. The first-order valence-electron chi connectivity index (χ1n) is 9.74. The predicted octanol–water partition coefficient (Wildman–Crippen LogP) is 4.10. The molecular formula is C21H28N4. The van der Waals surface area contributed by atoms with Gasteiger partial charge in [-0.2, -0.15) is 0 Å². The van der Waals surface area contributed by atoms with Crippen LogP contribution in [0.2, 0.25) is 0 Å². The van der Waals surface area contributed by atoms with Gasteiger partial charge in [-0.15, -0.1) is 0 Å². The lowest BCUT2D eigenvalue weighted by atomic mass is 9.94. The summed E-state index contributed by atoms with van der Waals surface area (Å²) in [5.74, 6) is 1.82. The van der Waals surface area contributed by atoms with Gasteiger partial charge in [0.05, 0.1) is 11.7 Å². The summed E-state index contributed by atoms with van der Waals surface area (Å²) in [7, 11) is 0. The SMILES string of the molecule is c1ccc([C@@H](NCc2ccc(N3CCCC3)nc2)C2CCCC2)nc1. The van der Waals surface area contributed by atoms with Crippen molar-refractivity contribution in [3.63, 3.8) is 0 Å². The lowest BCUT2D eigenvalue weighted by molar-refractivity contribution is 0.359. The zero-order valence-corrected chi connectivity index (χ0v) is 14.9. The first-order valence-corrected chi connectivity index (χ1v) is 9.74. The molecule has 1 aliphatic heterocycles. The molecular weight excluding hydrogens is 308 g/mol. The monoisotopic (exact) mass is 336 g/mol. The lowest BCUT2D eigenvalue weighted by Gasteiger charge is -2.24. The zero-order valence-electron chi connectivity index (χ0n) is 14.9. The Labute approximate surface area is 150 Å². The molecule has 25 heavy (non-hydrogen) atoms. The summed E-state index contributed by atoms with van der Waals surface area (Å²) in [6.45, 7) is 3.15. The van der Waals surface area contributed by atoms with Gasteiger partial charge in [-0.1, -0.05) is 25.0 Å². The summed E-state index contributed by atoms with van der Waals surface area (Å²) in [6.07, 6.45) is 11.8. The van der Waals surface area contributed by atoms with Crippen molar-refractivity contribution in [2.45, 2.75) is 51.1 Å². The molecule has 2 aliphatic rings. The normalized spacial score (nSPS) is 19.4. The molecule has 0 spiro atoms. The Morgan fingerprint density at radius 2 is 1.84 bits per heavy atom. The van der Waals surface area contributed by atoms with Crippen LogP contribution in [0.5, 0.6) is 0 Å². The average molecular weight is 336 g/mol. The van der Waals surface area contributed by atoms with E-state index in [2.05, 4.69) is 44.5 Å². The van der Waals surface area contributed by atoms with E-state index >= 15 is 0 Å². The van der Waals surface area contributed by atoms with Crippen molar-refractivity contribution in [2.24, 2.45) is 5.92 Å². The van der Waals surface area contributed by atoms with Gasteiger partial charge in [0.15, 0.2) is 0 Å². The van der Waals surface area contributed by atoms with Gasteiger partial charge in [0.2, 0.25) is 0 Å². The molecule has 0 aromatic carbocycles. The number of nitrogens with zero attached hydrogens (tertiary/aromatic N) is 3. The minimum Gasteiger partial charge on any atom is -0.357 e. The van der Waals surface area contributed by atoms with Gasteiger partial charge in [0.1, 0.15) is 5.82 Å². The van der Waals surface area contributed by atoms with E-state index in [0.29, 0.717) is 12.0 Å². The van der Waals surface area contributed by atoms with Crippen molar-refractivity contribution in [1.82, 2.24) is 15.3 Å². The van der Waals surface area contributed by atoms with Crippen molar-refractivity contribution >= 4 is 5.82 Å². The van der Waals surface area contributed by atoms with Crippen LogP contribution in [0.15, 0.2) is 42.7 Å². The highest BCUT2D eigenvalue weighted by atomic mass is 15.2. The minimum atomic E-state index is 0.349. The molecule has 0 bridgehead atoms. The van der Waals surface area contributed by atoms with E-state index in [-0.39, 0.29) is 0 Å². The molecule has 4 heteroatoms. The maximum absolute atomic E-state index is 4.68. The Balaban J connectivity index is 1.42. The Morgan fingerprint density at radius 3 is 2.52 bits per heavy atom. The van der Waals surface area contributed by atoms with Crippen LogP contribution >= 0.6 is 0 Å². The number of aromatic nitrogens is 2. The fourth-order valence-electron chi connectivity index (χ4n) is 4.25. The smallest absolute Gasteiger partial charge is 0.128 e. The molecule has 132 valence electrons. The molecule has 1 aliphatic carbocycles. The Morgan fingerprint density at radius 1 is 1.00 bits per heavy atom. The quantitative estimate of drug-likeness (QED) is 0.862. The third kappa shape index (κ3) is 4.01. The Bertz CT molecular complexity index is 643. The Kier molecular flexibility index (Phi) is 5.26. The fraction of sp³-hybridized carbons (Fsp3) is 0.524. The number of pyridine rings is 2. The topological polar surface area (TPSA) is 41.0 Å². The Hall–Kier alpha value is -1.94. The van der Waals surface area contributed by atoms with Gasteiger partial charge < -0.3 is 10.2 Å². The number of nitrogens with one attached hydrogen (secondary N) is 1. The second-order valence-corrected chi connectivity index (χ2v) is 7.38. The van der Waals surface area contributed by atoms with Crippen LogP contribution < -0.4 is 10.2 Å². The molecule has 2 fully saturated rings. The highest BCUT2D eigenvalue weighted by molar-refractivity contribution is 5.40. The minimum absolute atomic E-state index is 0.349. The van der Waals surface area contributed by atoms with Crippen LogP contribution in [0.1, 0.15) is 55.8 Å². The van der Waals surface area contributed by atoms with Crippen molar-refractivity contribution in [3.8, 4) is 0 Å². The summed E-state index contributed by atoms with van der Waals surface area (Å²) >= 11 is 0. The molecule has 1 saturated carbocycles. The molecule has 1 saturated heterocycles. The van der Waals surface area contributed by atoms with Gasteiger partial charge in [-0.3, -0.25) is 4.98 Å². The van der Waals surface area contributed by atoms with Crippen LogP contribution in [-0.2, 0) is 6.54 Å². The second-order valence-electron chi connectivity index (χ2n) is 7.38. The van der Waals surface area contributed by atoms with Gasteiger partial charge >= 0.3 is 0 Å². The maximum Gasteiger partial charge on any atom is 0.128 e. The highest BCUT2D eigenvalue weighted by Crippen LogP contribution is 2.35. The van der Waals surface area contributed by atoms with Gasteiger partial charge in [-0.05, 0) is 55.4 Å². The molecule has 0 amide bonds. The summed E-state index contributed by atoms with van der Waals surface area (Å²) in [4.78, 5) is 11.7. The highest BCUT2D eigenvalue weighted by Gasteiger charge is 2.26. The van der Waals surface area contributed by atoms with E-state index in [1.807, 2.05) is 18.5 Å². The predicted molar refractivity (Wildman–Crippen MR) is 101 cm³/mol. The van der Waals surface area contributed by atoms with Crippen LogP contribution in [0, 0.1) is 5.92 Å². The van der Waals surface area contributed by atoms with E-state index in [0.717, 1.165) is 25.5 Å². The van der Waals surface area contributed by atoms with E-state index in [1.165, 1.54) is 49.8 Å². The van der Waals surface area contributed by atoms with E-state index in [1.54, 1.807) is 0 Å².